The van der Waals surface area contributed by atoms with E-state index in [1.54, 1.807) is 6.07 Å². The summed E-state index contributed by atoms with van der Waals surface area (Å²) in [6.07, 6.45) is 2.87. The monoisotopic (exact) mass is 272 g/mol. The molecule has 0 saturated heterocycles. The van der Waals surface area contributed by atoms with Crippen LogP contribution in [-0.4, -0.2) is 12.9 Å². The molecule has 0 atom stereocenters. The molecule has 0 amide bonds. The van der Waals surface area contributed by atoms with Gasteiger partial charge in [-0.25, -0.2) is 0 Å². The van der Waals surface area contributed by atoms with Gasteiger partial charge in [0.2, 0.25) is 0 Å². The van der Waals surface area contributed by atoms with Crippen molar-refractivity contribution in [1.82, 2.24) is 0 Å². The third-order valence-electron chi connectivity index (χ3n) is 3.37. The Kier molecular flexibility index (Phi) is 3.26. The zero-order valence-corrected chi connectivity index (χ0v) is 11.1. The predicted octanol–water partition coefficient (Wildman–Crippen LogP) is 4.14. The minimum Gasteiger partial charge on any atom is -0.493 e. The number of hydrogen-bond donors (Lipinski definition) is 0. The van der Waals surface area contributed by atoms with Crippen LogP contribution in [0.5, 0.6) is 5.75 Å². The molecule has 1 aliphatic heterocycles. The minimum atomic E-state index is 0.473. The van der Waals surface area contributed by atoms with Crippen LogP contribution in [-0.2, 0) is 6.42 Å². The van der Waals surface area contributed by atoms with E-state index in [1.165, 1.54) is 5.56 Å². The molecule has 2 aromatic rings. The van der Waals surface area contributed by atoms with Gasteiger partial charge in [0.25, 0.3) is 0 Å². The molecule has 0 bridgehead atoms. The van der Waals surface area contributed by atoms with Crippen LogP contribution in [0.15, 0.2) is 36.4 Å². The van der Waals surface area contributed by atoms with Gasteiger partial charge in [-0.3, -0.25) is 4.79 Å². The van der Waals surface area contributed by atoms with Crippen LogP contribution in [0.1, 0.15) is 22.3 Å². The summed E-state index contributed by atoms with van der Waals surface area (Å²) in [4.78, 5) is 10.8. The maximum Gasteiger partial charge on any atom is 0.151 e. The number of aldehydes is 1. The van der Waals surface area contributed by atoms with Crippen molar-refractivity contribution in [2.45, 2.75) is 12.8 Å². The summed E-state index contributed by atoms with van der Waals surface area (Å²) < 4.78 is 5.79. The van der Waals surface area contributed by atoms with E-state index in [4.69, 9.17) is 16.3 Å². The molecule has 19 heavy (non-hydrogen) atoms. The Bertz CT molecular complexity index is 635. The van der Waals surface area contributed by atoms with Crippen molar-refractivity contribution in [2.75, 3.05) is 6.61 Å². The maximum absolute atomic E-state index is 10.8. The fourth-order valence-electron chi connectivity index (χ4n) is 2.41. The van der Waals surface area contributed by atoms with Gasteiger partial charge in [-0.2, -0.15) is 0 Å². The van der Waals surface area contributed by atoms with E-state index in [0.717, 1.165) is 42.6 Å². The van der Waals surface area contributed by atoms with Crippen LogP contribution in [0.3, 0.4) is 0 Å². The van der Waals surface area contributed by atoms with Gasteiger partial charge >= 0.3 is 0 Å². The third kappa shape index (κ3) is 2.24. The van der Waals surface area contributed by atoms with Crippen molar-refractivity contribution >= 4 is 17.9 Å². The SMILES string of the molecule is O=Cc1ccc(-c2cccc3c2OCCC3)cc1Cl. The lowest BCUT2D eigenvalue weighted by molar-refractivity contribution is 0.112. The maximum atomic E-state index is 10.8. The highest BCUT2D eigenvalue weighted by molar-refractivity contribution is 6.33. The number of benzene rings is 2. The Morgan fingerprint density at radius 1 is 1.21 bits per heavy atom. The van der Waals surface area contributed by atoms with Crippen LogP contribution >= 0.6 is 11.6 Å². The molecular formula is C16H13ClO2. The van der Waals surface area contributed by atoms with Crippen LogP contribution in [0.4, 0.5) is 0 Å². The van der Waals surface area contributed by atoms with E-state index in [-0.39, 0.29) is 0 Å². The van der Waals surface area contributed by atoms with Crippen molar-refractivity contribution < 1.29 is 9.53 Å². The number of rotatable bonds is 2. The first-order valence-electron chi connectivity index (χ1n) is 6.29. The summed E-state index contributed by atoms with van der Waals surface area (Å²) >= 11 is 6.09. The number of carbonyl (C=O) groups excluding carboxylic acids is 1. The number of para-hydroxylation sites is 1. The first kappa shape index (κ1) is 12.2. The fourth-order valence-corrected chi connectivity index (χ4v) is 2.63. The molecule has 0 saturated carbocycles. The van der Waals surface area contributed by atoms with E-state index in [0.29, 0.717) is 10.6 Å². The molecule has 3 rings (SSSR count). The molecule has 0 unspecified atom stereocenters. The van der Waals surface area contributed by atoms with Crippen LogP contribution in [0.25, 0.3) is 11.1 Å². The van der Waals surface area contributed by atoms with Crippen molar-refractivity contribution in [3.63, 3.8) is 0 Å². The molecule has 1 heterocycles. The fraction of sp³-hybridized carbons (Fsp3) is 0.188. The summed E-state index contributed by atoms with van der Waals surface area (Å²) in [7, 11) is 0. The van der Waals surface area contributed by atoms with E-state index in [2.05, 4.69) is 6.07 Å². The molecule has 0 spiro atoms. The summed E-state index contributed by atoms with van der Waals surface area (Å²) in [6, 6.07) is 11.6. The van der Waals surface area contributed by atoms with Gasteiger partial charge < -0.3 is 4.74 Å². The van der Waals surface area contributed by atoms with Crippen molar-refractivity contribution in [3.8, 4) is 16.9 Å². The highest BCUT2D eigenvalue weighted by Crippen LogP contribution is 2.37. The number of ether oxygens (including phenoxy) is 1. The van der Waals surface area contributed by atoms with E-state index in [9.17, 15) is 4.79 Å². The highest BCUT2D eigenvalue weighted by Gasteiger charge is 2.15. The molecule has 2 aromatic carbocycles. The normalized spacial score (nSPS) is 13.5. The molecular weight excluding hydrogens is 260 g/mol. The van der Waals surface area contributed by atoms with Gasteiger partial charge in [0.1, 0.15) is 5.75 Å². The zero-order valence-electron chi connectivity index (χ0n) is 10.4. The Morgan fingerprint density at radius 2 is 2.11 bits per heavy atom. The summed E-state index contributed by atoms with van der Waals surface area (Å²) in [5.74, 6) is 0.948. The van der Waals surface area contributed by atoms with Gasteiger partial charge in [-0.1, -0.05) is 35.9 Å². The van der Waals surface area contributed by atoms with Gasteiger partial charge in [0, 0.05) is 11.1 Å². The molecule has 0 fully saturated rings. The molecule has 2 nitrogen and oxygen atoms in total. The van der Waals surface area contributed by atoms with Crippen molar-refractivity contribution in [2.24, 2.45) is 0 Å². The van der Waals surface area contributed by atoms with Crippen LogP contribution in [0, 0.1) is 0 Å². The van der Waals surface area contributed by atoms with Gasteiger partial charge in [-0.15, -0.1) is 0 Å². The second kappa shape index (κ2) is 5.06. The van der Waals surface area contributed by atoms with Gasteiger partial charge in [0.05, 0.1) is 11.6 Å². The number of hydrogen-bond acceptors (Lipinski definition) is 2. The van der Waals surface area contributed by atoms with Crippen molar-refractivity contribution in [3.05, 3.63) is 52.5 Å². The minimum absolute atomic E-state index is 0.473. The van der Waals surface area contributed by atoms with E-state index < -0.39 is 0 Å². The highest BCUT2D eigenvalue weighted by atomic mass is 35.5. The quantitative estimate of drug-likeness (QED) is 0.768. The Morgan fingerprint density at radius 3 is 2.89 bits per heavy atom. The number of carbonyl (C=O) groups is 1. The molecule has 3 heteroatoms. The Hall–Kier alpha value is -1.80. The number of halogens is 1. The Labute approximate surface area is 117 Å². The lowest BCUT2D eigenvalue weighted by atomic mass is 9.97. The van der Waals surface area contributed by atoms with Crippen LogP contribution in [0.2, 0.25) is 5.02 Å². The molecule has 96 valence electrons. The largest absolute Gasteiger partial charge is 0.493 e. The molecule has 0 N–H and O–H groups in total. The molecule has 1 aliphatic rings. The van der Waals surface area contributed by atoms with E-state index in [1.807, 2.05) is 24.3 Å². The lowest BCUT2D eigenvalue weighted by Crippen LogP contribution is -2.09. The molecule has 0 aliphatic carbocycles. The number of fused-ring (bicyclic) bond motifs is 1. The smallest absolute Gasteiger partial charge is 0.151 e. The van der Waals surface area contributed by atoms with E-state index >= 15 is 0 Å². The summed E-state index contributed by atoms with van der Waals surface area (Å²) in [6.45, 7) is 0.754. The number of aryl methyl sites for hydroxylation is 1. The Balaban J connectivity index is 2.12. The topological polar surface area (TPSA) is 26.3 Å². The molecule has 0 radical (unpaired) electrons. The predicted molar refractivity (Wildman–Crippen MR) is 76.1 cm³/mol. The summed E-state index contributed by atoms with van der Waals surface area (Å²) in [5, 5.41) is 0.473. The second-order valence-corrected chi connectivity index (χ2v) is 5.01. The molecule has 0 aromatic heterocycles. The van der Waals surface area contributed by atoms with Crippen LogP contribution < -0.4 is 4.74 Å². The third-order valence-corrected chi connectivity index (χ3v) is 3.70. The average molecular weight is 273 g/mol. The first-order chi connectivity index (χ1) is 9.29. The first-order valence-corrected chi connectivity index (χ1v) is 6.67. The second-order valence-electron chi connectivity index (χ2n) is 4.60. The van der Waals surface area contributed by atoms with Crippen molar-refractivity contribution in [1.29, 1.82) is 0 Å². The standard InChI is InChI=1S/C16H13ClO2/c17-15-9-12(6-7-13(15)10-18)14-5-1-3-11-4-2-8-19-16(11)14/h1,3,5-7,9-10H,2,4,8H2. The van der Waals surface area contributed by atoms with Gasteiger partial charge in [-0.05, 0) is 36.1 Å². The summed E-state index contributed by atoms with van der Waals surface area (Å²) in [5.41, 5.74) is 3.77. The van der Waals surface area contributed by atoms with Gasteiger partial charge in [0.15, 0.2) is 6.29 Å². The average Bonchev–Trinajstić information content (AvgIpc) is 2.46. The zero-order chi connectivity index (χ0) is 13.2. The lowest BCUT2D eigenvalue weighted by Gasteiger charge is -2.20.